The summed E-state index contributed by atoms with van der Waals surface area (Å²) in [6.07, 6.45) is 1.81. The second-order valence-electron chi connectivity index (χ2n) is 6.76. The van der Waals surface area contributed by atoms with Crippen LogP contribution >= 0.6 is 48.8 Å². The van der Waals surface area contributed by atoms with Gasteiger partial charge in [0.1, 0.15) is 0 Å². The smallest absolute Gasteiger partial charge is 0.0737 e. The average molecular weight is 478 g/mol. The molecule has 0 bridgehead atoms. The molecule has 160 valence electrons. The summed E-state index contributed by atoms with van der Waals surface area (Å²) in [6.45, 7) is 3.89. The molecular formula is C21H28Cl4N4. The highest BCUT2D eigenvalue weighted by Crippen LogP contribution is 2.24. The Morgan fingerprint density at radius 1 is 1.00 bits per heavy atom. The van der Waals surface area contributed by atoms with E-state index in [1.807, 2.05) is 30.5 Å². The first-order chi connectivity index (χ1) is 12.5. The number of aromatic nitrogens is 1. The minimum atomic E-state index is 0. The lowest BCUT2D eigenvalue weighted by Crippen LogP contribution is -2.30. The molecule has 0 amide bonds. The van der Waals surface area contributed by atoms with Crippen LogP contribution < -0.4 is 15.5 Å². The fourth-order valence-corrected chi connectivity index (χ4v) is 3.07. The van der Waals surface area contributed by atoms with Crippen LogP contribution in [0.4, 0.5) is 11.4 Å². The van der Waals surface area contributed by atoms with E-state index in [2.05, 4.69) is 65.8 Å². The molecule has 1 heterocycles. The largest absolute Gasteiger partial charge is 0.381 e. The van der Waals surface area contributed by atoms with Gasteiger partial charge >= 0.3 is 0 Å². The Hall–Kier alpha value is -1.43. The molecule has 0 aliphatic rings. The van der Waals surface area contributed by atoms with Crippen molar-refractivity contribution >= 4 is 71.1 Å². The van der Waals surface area contributed by atoms with Crippen molar-refractivity contribution in [2.75, 3.05) is 30.9 Å². The van der Waals surface area contributed by atoms with Gasteiger partial charge in [-0.3, -0.25) is 4.98 Å². The van der Waals surface area contributed by atoms with Gasteiger partial charge in [-0.1, -0.05) is 23.7 Å². The van der Waals surface area contributed by atoms with Crippen LogP contribution in [0.15, 0.2) is 54.7 Å². The number of benzene rings is 2. The van der Waals surface area contributed by atoms with Crippen molar-refractivity contribution in [3.05, 3.63) is 65.3 Å². The van der Waals surface area contributed by atoms with Gasteiger partial charge in [0.15, 0.2) is 0 Å². The monoisotopic (exact) mass is 476 g/mol. The highest BCUT2D eigenvalue weighted by atomic mass is 35.5. The topological polar surface area (TPSA) is 40.2 Å². The van der Waals surface area contributed by atoms with Gasteiger partial charge in [-0.05, 0) is 48.9 Å². The molecule has 0 unspecified atom stereocenters. The molecule has 1 atom stereocenters. The number of halogens is 4. The third-order valence-electron chi connectivity index (χ3n) is 4.34. The van der Waals surface area contributed by atoms with Gasteiger partial charge in [0.05, 0.1) is 5.52 Å². The maximum Gasteiger partial charge on any atom is 0.0737 e. The van der Waals surface area contributed by atoms with E-state index in [1.165, 1.54) is 11.3 Å². The van der Waals surface area contributed by atoms with Gasteiger partial charge in [-0.25, -0.2) is 0 Å². The summed E-state index contributed by atoms with van der Waals surface area (Å²) >= 11 is 6.06. The van der Waals surface area contributed by atoms with Crippen molar-refractivity contribution in [3.63, 3.8) is 0 Å². The number of hydrogen-bond donors (Lipinski definition) is 2. The summed E-state index contributed by atoms with van der Waals surface area (Å²) in [4.78, 5) is 6.49. The molecule has 29 heavy (non-hydrogen) atoms. The van der Waals surface area contributed by atoms with Crippen molar-refractivity contribution in [1.82, 2.24) is 10.3 Å². The lowest BCUT2D eigenvalue weighted by atomic mass is 10.1. The van der Waals surface area contributed by atoms with Gasteiger partial charge < -0.3 is 15.5 Å². The zero-order valence-corrected chi connectivity index (χ0v) is 19.9. The Kier molecular flexibility index (Phi) is 12.3. The van der Waals surface area contributed by atoms with Crippen LogP contribution in [0.25, 0.3) is 10.9 Å². The molecule has 0 aliphatic heterocycles. The van der Waals surface area contributed by atoms with Crippen molar-refractivity contribution < 1.29 is 0 Å². The first-order valence-corrected chi connectivity index (χ1v) is 9.18. The Labute approximate surface area is 196 Å². The van der Waals surface area contributed by atoms with Crippen LogP contribution in [0.5, 0.6) is 0 Å². The summed E-state index contributed by atoms with van der Waals surface area (Å²) in [6, 6.07) is 16.7. The van der Waals surface area contributed by atoms with E-state index in [-0.39, 0.29) is 43.3 Å². The molecular weight excluding hydrogens is 450 g/mol. The summed E-state index contributed by atoms with van der Waals surface area (Å²) in [5, 5.41) is 8.87. The molecule has 0 fully saturated rings. The first kappa shape index (κ1) is 27.6. The summed E-state index contributed by atoms with van der Waals surface area (Å²) in [5.74, 6) is 0. The van der Waals surface area contributed by atoms with E-state index >= 15 is 0 Å². The first-order valence-electron chi connectivity index (χ1n) is 8.81. The van der Waals surface area contributed by atoms with Crippen molar-refractivity contribution in [1.29, 1.82) is 0 Å². The van der Waals surface area contributed by atoms with E-state index in [9.17, 15) is 0 Å². The lowest BCUT2D eigenvalue weighted by Gasteiger charge is -2.18. The van der Waals surface area contributed by atoms with Crippen molar-refractivity contribution in [2.45, 2.75) is 19.5 Å². The van der Waals surface area contributed by atoms with E-state index in [0.29, 0.717) is 5.02 Å². The number of pyridine rings is 1. The molecule has 2 aromatic carbocycles. The Bertz CT molecular complexity index is 872. The number of nitrogens with one attached hydrogen (secondary N) is 2. The van der Waals surface area contributed by atoms with E-state index in [4.69, 9.17) is 11.6 Å². The second kappa shape index (κ2) is 13.0. The van der Waals surface area contributed by atoms with Gasteiger partial charge in [-0.15, -0.1) is 37.2 Å². The van der Waals surface area contributed by atoms with Crippen LogP contribution in [-0.4, -0.2) is 31.7 Å². The maximum absolute atomic E-state index is 6.06. The molecule has 0 saturated heterocycles. The molecule has 2 N–H and O–H groups in total. The summed E-state index contributed by atoms with van der Waals surface area (Å²) in [5.41, 5.74) is 4.49. The highest BCUT2D eigenvalue weighted by Gasteiger charge is 2.06. The fraction of sp³-hybridized carbons (Fsp3) is 0.286. The molecule has 0 aliphatic carbocycles. The SMILES string of the molecule is C[C@H](CNCc1ccc(N(C)C)cc1)Nc1ccnc2cc(Cl)ccc12.Cl.Cl.Cl. The molecule has 3 aromatic rings. The van der Waals surface area contributed by atoms with Crippen LogP contribution in [-0.2, 0) is 6.54 Å². The summed E-state index contributed by atoms with van der Waals surface area (Å²) in [7, 11) is 4.11. The van der Waals surface area contributed by atoms with Gasteiger partial charge in [0.25, 0.3) is 0 Å². The third-order valence-corrected chi connectivity index (χ3v) is 4.57. The van der Waals surface area contributed by atoms with Crippen LogP contribution in [0.3, 0.4) is 0 Å². The predicted octanol–water partition coefficient (Wildman–Crippen LogP) is 5.81. The van der Waals surface area contributed by atoms with Gasteiger partial charge in [-0.2, -0.15) is 0 Å². The quantitative estimate of drug-likeness (QED) is 0.450. The van der Waals surface area contributed by atoms with E-state index in [1.54, 1.807) is 0 Å². The molecule has 8 heteroatoms. The zero-order chi connectivity index (χ0) is 18.5. The van der Waals surface area contributed by atoms with Crippen LogP contribution in [0.2, 0.25) is 5.02 Å². The summed E-state index contributed by atoms with van der Waals surface area (Å²) < 4.78 is 0. The Balaban J connectivity index is 0.00000261. The second-order valence-corrected chi connectivity index (χ2v) is 7.19. The number of anilines is 2. The predicted molar refractivity (Wildman–Crippen MR) is 134 cm³/mol. The van der Waals surface area contributed by atoms with Crippen molar-refractivity contribution in [3.8, 4) is 0 Å². The Morgan fingerprint density at radius 3 is 2.34 bits per heavy atom. The molecule has 3 rings (SSSR count). The van der Waals surface area contributed by atoms with Gasteiger partial charge in [0, 0.05) is 61.2 Å². The molecule has 1 aromatic heterocycles. The standard InChI is InChI=1S/C21H25ClN4.3ClH/c1-15(13-23-14-16-4-7-18(8-5-16)26(2)3)25-20-10-11-24-21-12-17(22)6-9-19(20)21;;;/h4-12,15,23H,13-14H2,1-3H3,(H,24,25);3*1H/t15-;;;/m1.../s1. The van der Waals surface area contributed by atoms with Crippen LogP contribution in [0, 0.1) is 0 Å². The van der Waals surface area contributed by atoms with Crippen molar-refractivity contribution in [2.24, 2.45) is 0 Å². The molecule has 0 radical (unpaired) electrons. The molecule has 0 spiro atoms. The highest BCUT2D eigenvalue weighted by molar-refractivity contribution is 6.31. The van der Waals surface area contributed by atoms with E-state index < -0.39 is 0 Å². The van der Waals surface area contributed by atoms with E-state index in [0.717, 1.165) is 29.7 Å². The fourth-order valence-electron chi connectivity index (χ4n) is 2.91. The third kappa shape index (κ3) is 7.72. The molecule has 4 nitrogen and oxygen atoms in total. The normalized spacial score (nSPS) is 10.9. The number of hydrogen-bond acceptors (Lipinski definition) is 4. The minimum absolute atomic E-state index is 0. The zero-order valence-electron chi connectivity index (χ0n) is 16.7. The minimum Gasteiger partial charge on any atom is -0.381 e. The molecule has 0 saturated carbocycles. The van der Waals surface area contributed by atoms with Gasteiger partial charge in [0.2, 0.25) is 0 Å². The number of rotatable bonds is 7. The van der Waals surface area contributed by atoms with Crippen LogP contribution in [0.1, 0.15) is 12.5 Å². The number of fused-ring (bicyclic) bond motifs is 1. The lowest BCUT2D eigenvalue weighted by molar-refractivity contribution is 0.632. The maximum atomic E-state index is 6.06. The number of nitrogens with zero attached hydrogens (tertiary/aromatic N) is 2. The average Bonchev–Trinajstić information content (AvgIpc) is 2.62. The Morgan fingerprint density at radius 2 is 1.69 bits per heavy atom.